The van der Waals surface area contributed by atoms with E-state index in [0.717, 1.165) is 17.1 Å². The largest absolute Gasteiger partial charge is 0.373 e. The average Bonchev–Trinajstić information content (AvgIpc) is 2.79. The number of nitrogens with zero attached hydrogens (tertiary/aromatic N) is 6. The molecule has 0 unspecified atom stereocenters. The van der Waals surface area contributed by atoms with Crippen LogP contribution in [0.4, 0.5) is 11.8 Å². The number of carbonyl (C=O) groups excluding carboxylic acids is 1. The van der Waals surface area contributed by atoms with Crippen LogP contribution in [0.5, 0.6) is 0 Å². The van der Waals surface area contributed by atoms with Crippen LogP contribution in [-0.2, 0) is 0 Å². The number of hydrogen-bond donors (Lipinski definition) is 1. The summed E-state index contributed by atoms with van der Waals surface area (Å²) < 4.78 is 0. The van der Waals surface area contributed by atoms with Gasteiger partial charge in [0.1, 0.15) is 5.82 Å². The summed E-state index contributed by atoms with van der Waals surface area (Å²) in [6.07, 6.45) is 3.47. The molecule has 0 aliphatic carbocycles. The first-order chi connectivity index (χ1) is 14.1. The Morgan fingerprint density at radius 2 is 1.76 bits per heavy atom. The molecule has 0 radical (unpaired) electrons. The van der Waals surface area contributed by atoms with Crippen LogP contribution < -0.4 is 10.2 Å². The van der Waals surface area contributed by atoms with E-state index in [1.165, 1.54) is 0 Å². The zero-order valence-electron chi connectivity index (χ0n) is 16.5. The Balaban J connectivity index is 1.49. The molecule has 1 aliphatic heterocycles. The van der Waals surface area contributed by atoms with Crippen molar-refractivity contribution in [3.05, 3.63) is 60.0 Å². The minimum absolute atomic E-state index is 0.0157. The second kappa shape index (κ2) is 8.22. The summed E-state index contributed by atoms with van der Waals surface area (Å²) in [5, 5.41) is 3.04. The normalized spacial score (nSPS) is 14.0. The lowest BCUT2D eigenvalue weighted by Crippen LogP contribution is -2.49. The molecular weight excluding hydrogens is 366 g/mol. The first kappa shape index (κ1) is 18.8. The molecule has 0 spiro atoms. The van der Waals surface area contributed by atoms with Gasteiger partial charge in [0.2, 0.25) is 5.95 Å². The smallest absolute Gasteiger partial charge is 0.253 e. The zero-order chi connectivity index (χ0) is 20.2. The number of benzene rings is 1. The molecule has 148 valence electrons. The Morgan fingerprint density at radius 1 is 1.00 bits per heavy atom. The third kappa shape index (κ3) is 4.16. The maximum atomic E-state index is 13.0. The van der Waals surface area contributed by atoms with E-state index in [1.807, 2.05) is 49.2 Å². The molecule has 1 aromatic carbocycles. The Hall–Kier alpha value is -3.55. The fourth-order valence-corrected chi connectivity index (χ4v) is 3.36. The second-order valence-corrected chi connectivity index (χ2v) is 6.88. The van der Waals surface area contributed by atoms with Gasteiger partial charge in [-0.1, -0.05) is 12.1 Å². The topological polar surface area (TPSA) is 87.1 Å². The number of aryl methyl sites for hydroxylation is 1. The van der Waals surface area contributed by atoms with Crippen LogP contribution in [-0.4, -0.2) is 64.0 Å². The Bertz CT molecular complexity index is 1000. The van der Waals surface area contributed by atoms with Gasteiger partial charge < -0.3 is 15.1 Å². The second-order valence-electron chi connectivity index (χ2n) is 6.88. The molecule has 8 nitrogen and oxygen atoms in total. The van der Waals surface area contributed by atoms with E-state index >= 15 is 0 Å². The van der Waals surface area contributed by atoms with Crippen LogP contribution in [0, 0.1) is 6.92 Å². The van der Waals surface area contributed by atoms with Crippen LogP contribution in [0.15, 0.2) is 48.8 Å². The molecule has 1 fully saturated rings. The SMILES string of the molecule is CNc1cc(C)nc(-c2cccc(C(=O)N3CCN(c4ncccn4)CC3)c2)n1. The van der Waals surface area contributed by atoms with Gasteiger partial charge >= 0.3 is 0 Å². The molecule has 1 aliphatic rings. The molecule has 0 atom stereocenters. The highest BCUT2D eigenvalue weighted by atomic mass is 16.2. The number of piperazine rings is 1. The number of anilines is 2. The van der Waals surface area contributed by atoms with Crippen molar-refractivity contribution in [2.75, 3.05) is 43.4 Å². The van der Waals surface area contributed by atoms with E-state index in [1.54, 1.807) is 18.5 Å². The molecule has 3 heterocycles. The summed E-state index contributed by atoms with van der Waals surface area (Å²) in [6, 6.07) is 11.2. The predicted octanol–water partition coefficient (Wildman–Crippen LogP) is 2.25. The first-order valence-corrected chi connectivity index (χ1v) is 9.59. The van der Waals surface area contributed by atoms with E-state index in [9.17, 15) is 4.79 Å². The van der Waals surface area contributed by atoms with Crippen molar-refractivity contribution in [1.29, 1.82) is 0 Å². The minimum Gasteiger partial charge on any atom is -0.373 e. The maximum absolute atomic E-state index is 13.0. The van der Waals surface area contributed by atoms with Crippen LogP contribution >= 0.6 is 0 Å². The predicted molar refractivity (Wildman–Crippen MR) is 112 cm³/mol. The summed E-state index contributed by atoms with van der Waals surface area (Å²) in [4.78, 5) is 34.6. The summed E-state index contributed by atoms with van der Waals surface area (Å²) in [6.45, 7) is 4.61. The summed E-state index contributed by atoms with van der Waals surface area (Å²) in [7, 11) is 1.83. The van der Waals surface area contributed by atoms with Crippen LogP contribution in [0.25, 0.3) is 11.4 Å². The number of rotatable bonds is 4. The van der Waals surface area contributed by atoms with Crippen molar-refractivity contribution < 1.29 is 4.79 Å². The van der Waals surface area contributed by atoms with Crippen molar-refractivity contribution in [3.8, 4) is 11.4 Å². The number of hydrogen-bond acceptors (Lipinski definition) is 7. The molecule has 4 rings (SSSR count). The van der Waals surface area contributed by atoms with Gasteiger partial charge in [-0.05, 0) is 25.1 Å². The summed E-state index contributed by atoms with van der Waals surface area (Å²) >= 11 is 0. The lowest BCUT2D eigenvalue weighted by Gasteiger charge is -2.34. The molecular formula is C21H23N7O. The minimum atomic E-state index is 0.0157. The van der Waals surface area contributed by atoms with E-state index < -0.39 is 0 Å². The number of aromatic nitrogens is 4. The third-order valence-electron chi connectivity index (χ3n) is 4.88. The van der Waals surface area contributed by atoms with Gasteiger partial charge in [-0.15, -0.1) is 0 Å². The van der Waals surface area contributed by atoms with Gasteiger partial charge in [0, 0.05) is 68.5 Å². The first-order valence-electron chi connectivity index (χ1n) is 9.59. The molecule has 1 saturated heterocycles. The lowest BCUT2D eigenvalue weighted by atomic mass is 10.1. The number of nitrogens with one attached hydrogen (secondary N) is 1. The van der Waals surface area contributed by atoms with Gasteiger partial charge in [0.15, 0.2) is 5.82 Å². The fourth-order valence-electron chi connectivity index (χ4n) is 3.36. The van der Waals surface area contributed by atoms with E-state index in [-0.39, 0.29) is 5.91 Å². The number of carbonyl (C=O) groups is 1. The molecule has 8 heteroatoms. The number of amides is 1. The van der Waals surface area contributed by atoms with E-state index in [4.69, 9.17) is 0 Å². The molecule has 2 aromatic heterocycles. The molecule has 1 N–H and O–H groups in total. The van der Waals surface area contributed by atoms with Crippen molar-refractivity contribution in [1.82, 2.24) is 24.8 Å². The summed E-state index contributed by atoms with van der Waals surface area (Å²) in [5.41, 5.74) is 2.34. The van der Waals surface area contributed by atoms with Crippen molar-refractivity contribution >= 4 is 17.7 Å². The van der Waals surface area contributed by atoms with Crippen molar-refractivity contribution in [2.24, 2.45) is 0 Å². The quantitative estimate of drug-likeness (QED) is 0.732. The standard InChI is InChI=1S/C21H23N7O/c1-15-13-18(22-2)26-19(25-15)16-5-3-6-17(14-16)20(29)27-9-11-28(12-10-27)21-23-7-4-8-24-21/h3-8,13-14H,9-12H2,1-2H3,(H,22,25,26). The van der Waals surface area contributed by atoms with Gasteiger partial charge in [-0.2, -0.15) is 0 Å². The van der Waals surface area contributed by atoms with Crippen LogP contribution in [0.3, 0.4) is 0 Å². The van der Waals surface area contributed by atoms with Crippen molar-refractivity contribution in [3.63, 3.8) is 0 Å². The summed E-state index contributed by atoms with van der Waals surface area (Å²) in [5.74, 6) is 2.08. The van der Waals surface area contributed by atoms with Gasteiger partial charge in [-0.25, -0.2) is 19.9 Å². The van der Waals surface area contributed by atoms with Gasteiger partial charge in [0.25, 0.3) is 5.91 Å². The Labute approximate surface area is 169 Å². The van der Waals surface area contributed by atoms with Crippen LogP contribution in [0.1, 0.15) is 16.1 Å². The van der Waals surface area contributed by atoms with Gasteiger partial charge in [0.05, 0.1) is 0 Å². The highest BCUT2D eigenvalue weighted by molar-refractivity contribution is 5.95. The molecule has 1 amide bonds. The van der Waals surface area contributed by atoms with Gasteiger partial charge in [-0.3, -0.25) is 4.79 Å². The molecule has 29 heavy (non-hydrogen) atoms. The molecule has 0 saturated carbocycles. The average molecular weight is 389 g/mol. The highest BCUT2D eigenvalue weighted by Gasteiger charge is 2.23. The molecule has 3 aromatic rings. The van der Waals surface area contributed by atoms with Crippen molar-refractivity contribution in [2.45, 2.75) is 6.92 Å². The fraction of sp³-hybridized carbons (Fsp3) is 0.286. The van der Waals surface area contributed by atoms with Crippen LogP contribution in [0.2, 0.25) is 0 Å². The third-order valence-corrected chi connectivity index (χ3v) is 4.88. The zero-order valence-corrected chi connectivity index (χ0v) is 16.5. The molecule has 0 bridgehead atoms. The van der Waals surface area contributed by atoms with E-state index in [2.05, 4.69) is 30.2 Å². The Kier molecular flexibility index (Phi) is 5.33. The monoisotopic (exact) mass is 389 g/mol. The maximum Gasteiger partial charge on any atom is 0.253 e. The lowest BCUT2D eigenvalue weighted by molar-refractivity contribution is 0.0746. The van der Waals surface area contributed by atoms with E-state index in [0.29, 0.717) is 43.5 Å². The Morgan fingerprint density at radius 3 is 2.48 bits per heavy atom. The highest BCUT2D eigenvalue weighted by Crippen LogP contribution is 2.20.